The number of pyridine rings is 1. The van der Waals surface area contributed by atoms with E-state index in [4.69, 9.17) is 5.73 Å². The summed E-state index contributed by atoms with van der Waals surface area (Å²) in [6, 6.07) is 0. The van der Waals surface area contributed by atoms with Crippen molar-refractivity contribution in [2.75, 3.05) is 5.73 Å². The first-order valence-electron chi connectivity index (χ1n) is 4.10. The van der Waals surface area contributed by atoms with Gasteiger partial charge in [-0.3, -0.25) is 4.98 Å². The third kappa shape index (κ3) is 3.14. The Morgan fingerprint density at radius 2 is 1.71 bits per heavy atom. The first-order chi connectivity index (χ1) is 7.52. The van der Waals surface area contributed by atoms with Crippen molar-refractivity contribution in [3.05, 3.63) is 17.5 Å². The Labute approximate surface area is 91.2 Å². The van der Waals surface area contributed by atoms with Crippen LogP contribution in [0.15, 0.2) is 6.20 Å². The van der Waals surface area contributed by atoms with Crippen LogP contribution >= 0.6 is 0 Å². The molecule has 1 aromatic rings. The van der Waals surface area contributed by atoms with Crippen LogP contribution in [0.2, 0.25) is 0 Å². The Morgan fingerprint density at radius 1 is 1.18 bits per heavy atom. The number of aromatic nitrogens is 1. The summed E-state index contributed by atoms with van der Waals surface area (Å²) in [5.74, 6) is -1.13. The number of anilines is 1. The Bertz CT molecular complexity index is 425. The van der Waals surface area contributed by atoms with Gasteiger partial charge < -0.3 is 10.5 Å². The number of halogens is 6. The fourth-order valence-corrected chi connectivity index (χ4v) is 1.08. The Balaban J connectivity index is 3.31. The second kappa shape index (κ2) is 3.97. The second-order valence-electron chi connectivity index (χ2n) is 3.05. The molecule has 0 amide bonds. The molecule has 0 aliphatic carbocycles. The highest BCUT2D eigenvalue weighted by molar-refractivity contribution is 5.60. The fraction of sp³-hybridized carbons (Fsp3) is 0.375. The molecular weight excluding hydrogens is 254 g/mol. The van der Waals surface area contributed by atoms with Crippen molar-refractivity contribution >= 4 is 5.69 Å². The van der Waals surface area contributed by atoms with E-state index in [2.05, 4.69) is 9.72 Å². The van der Waals surface area contributed by atoms with E-state index in [0.29, 0.717) is 6.20 Å². The largest absolute Gasteiger partial charge is 0.573 e. The number of ether oxygens (including phenoxy) is 1. The molecular formula is C8H6F6N2O. The van der Waals surface area contributed by atoms with E-state index in [1.165, 1.54) is 0 Å². The Kier molecular flexibility index (Phi) is 3.13. The predicted octanol–water partition coefficient (Wildman–Crippen LogP) is 2.89. The summed E-state index contributed by atoms with van der Waals surface area (Å²) in [4.78, 5) is 3.17. The minimum Gasteiger partial charge on any atom is -0.402 e. The zero-order valence-electron chi connectivity index (χ0n) is 8.28. The number of hydrogen-bond acceptors (Lipinski definition) is 3. The summed E-state index contributed by atoms with van der Waals surface area (Å²) >= 11 is 0. The maximum atomic E-state index is 12.3. The zero-order chi connectivity index (χ0) is 13.4. The molecule has 0 saturated heterocycles. The van der Waals surface area contributed by atoms with Gasteiger partial charge in [-0.15, -0.1) is 13.2 Å². The number of rotatable bonds is 1. The SMILES string of the molecule is Cc1ncc(C(F)(F)F)c(N)c1OC(F)(F)F. The molecule has 0 atom stereocenters. The monoisotopic (exact) mass is 260 g/mol. The molecule has 3 nitrogen and oxygen atoms in total. The van der Waals surface area contributed by atoms with Gasteiger partial charge in [0.25, 0.3) is 0 Å². The van der Waals surface area contributed by atoms with Gasteiger partial charge >= 0.3 is 12.5 Å². The molecule has 0 bridgehead atoms. The smallest absolute Gasteiger partial charge is 0.402 e. The van der Waals surface area contributed by atoms with Crippen molar-refractivity contribution in [3.63, 3.8) is 0 Å². The summed E-state index contributed by atoms with van der Waals surface area (Å²) in [5, 5.41) is 0. The fourth-order valence-electron chi connectivity index (χ4n) is 1.08. The summed E-state index contributed by atoms with van der Waals surface area (Å²) in [7, 11) is 0. The average Bonchev–Trinajstić information content (AvgIpc) is 2.08. The number of nitrogen functional groups attached to an aromatic ring is 1. The highest BCUT2D eigenvalue weighted by atomic mass is 19.4. The topological polar surface area (TPSA) is 48.1 Å². The lowest BCUT2D eigenvalue weighted by atomic mass is 10.2. The minimum atomic E-state index is -5.13. The zero-order valence-corrected chi connectivity index (χ0v) is 8.28. The molecule has 1 aromatic heterocycles. The number of alkyl halides is 6. The van der Waals surface area contributed by atoms with Crippen molar-refractivity contribution in [2.24, 2.45) is 0 Å². The maximum absolute atomic E-state index is 12.3. The quantitative estimate of drug-likeness (QED) is 0.790. The van der Waals surface area contributed by atoms with Gasteiger partial charge in [0.15, 0.2) is 5.75 Å². The molecule has 96 valence electrons. The predicted molar refractivity (Wildman–Crippen MR) is 45.1 cm³/mol. The lowest BCUT2D eigenvalue weighted by molar-refractivity contribution is -0.274. The molecule has 0 fully saturated rings. The second-order valence-corrected chi connectivity index (χ2v) is 3.05. The molecule has 2 N–H and O–H groups in total. The summed E-state index contributed by atoms with van der Waals surface area (Å²) in [6.45, 7) is 1.05. The van der Waals surface area contributed by atoms with Gasteiger partial charge in [-0.05, 0) is 6.92 Å². The van der Waals surface area contributed by atoms with E-state index < -0.39 is 29.5 Å². The molecule has 1 rings (SSSR count). The molecule has 0 unspecified atom stereocenters. The third-order valence-electron chi connectivity index (χ3n) is 1.77. The van der Waals surface area contributed by atoms with Crippen LogP contribution in [-0.2, 0) is 6.18 Å². The van der Waals surface area contributed by atoms with Crippen molar-refractivity contribution in [1.29, 1.82) is 0 Å². The van der Waals surface area contributed by atoms with Crippen LogP contribution in [0.5, 0.6) is 5.75 Å². The van der Waals surface area contributed by atoms with E-state index in [0.717, 1.165) is 6.92 Å². The van der Waals surface area contributed by atoms with E-state index in [1.807, 2.05) is 0 Å². The normalized spacial score (nSPS) is 12.6. The molecule has 0 radical (unpaired) electrons. The lowest BCUT2D eigenvalue weighted by Crippen LogP contribution is -2.21. The highest BCUT2D eigenvalue weighted by Gasteiger charge is 2.38. The van der Waals surface area contributed by atoms with E-state index in [1.54, 1.807) is 0 Å². The van der Waals surface area contributed by atoms with Crippen molar-refractivity contribution < 1.29 is 31.1 Å². The van der Waals surface area contributed by atoms with Crippen LogP contribution in [0.1, 0.15) is 11.3 Å². The Hall–Kier alpha value is -1.67. The van der Waals surface area contributed by atoms with Crippen LogP contribution in [0, 0.1) is 6.92 Å². The van der Waals surface area contributed by atoms with Gasteiger partial charge in [0.1, 0.15) is 5.56 Å². The molecule has 17 heavy (non-hydrogen) atoms. The molecule has 0 aliphatic heterocycles. The van der Waals surface area contributed by atoms with Crippen molar-refractivity contribution in [2.45, 2.75) is 19.5 Å². The summed E-state index contributed by atoms with van der Waals surface area (Å²) < 4.78 is 76.2. The van der Waals surface area contributed by atoms with E-state index in [9.17, 15) is 26.3 Å². The molecule has 9 heteroatoms. The van der Waals surface area contributed by atoms with Gasteiger partial charge in [0.05, 0.1) is 11.4 Å². The van der Waals surface area contributed by atoms with Crippen LogP contribution in [0.25, 0.3) is 0 Å². The van der Waals surface area contributed by atoms with Crippen LogP contribution in [-0.4, -0.2) is 11.3 Å². The van der Waals surface area contributed by atoms with E-state index in [-0.39, 0.29) is 5.69 Å². The van der Waals surface area contributed by atoms with Crippen LogP contribution < -0.4 is 10.5 Å². The molecule has 0 aliphatic rings. The summed E-state index contributed by atoms with van der Waals surface area (Å²) in [5.41, 5.74) is 2.00. The van der Waals surface area contributed by atoms with Gasteiger partial charge in [-0.1, -0.05) is 0 Å². The molecule has 1 heterocycles. The lowest BCUT2D eigenvalue weighted by Gasteiger charge is -2.16. The van der Waals surface area contributed by atoms with Gasteiger partial charge in [-0.2, -0.15) is 13.2 Å². The third-order valence-corrected chi connectivity index (χ3v) is 1.77. The number of nitrogens with zero attached hydrogens (tertiary/aromatic N) is 1. The van der Waals surface area contributed by atoms with Gasteiger partial charge in [0.2, 0.25) is 0 Å². The number of hydrogen-bond donors (Lipinski definition) is 1. The molecule has 0 spiro atoms. The average molecular weight is 260 g/mol. The van der Waals surface area contributed by atoms with Crippen molar-refractivity contribution in [3.8, 4) is 5.75 Å². The first kappa shape index (κ1) is 13.4. The standard InChI is InChI=1S/C8H6F6N2O/c1-3-6(17-8(12,13)14)5(15)4(2-16-3)7(9,10)11/h2H,1H3,(H2,15,16). The maximum Gasteiger partial charge on any atom is 0.573 e. The Morgan fingerprint density at radius 3 is 2.12 bits per heavy atom. The van der Waals surface area contributed by atoms with Gasteiger partial charge in [0, 0.05) is 6.20 Å². The highest BCUT2D eigenvalue weighted by Crippen LogP contribution is 2.40. The van der Waals surface area contributed by atoms with Gasteiger partial charge in [-0.25, -0.2) is 0 Å². The first-order valence-corrected chi connectivity index (χ1v) is 4.10. The number of aryl methyl sites for hydroxylation is 1. The van der Waals surface area contributed by atoms with Crippen molar-refractivity contribution in [1.82, 2.24) is 4.98 Å². The number of nitrogens with two attached hydrogens (primary N) is 1. The van der Waals surface area contributed by atoms with Crippen LogP contribution in [0.3, 0.4) is 0 Å². The minimum absolute atomic E-state index is 0.355. The van der Waals surface area contributed by atoms with Crippen LogP contribution in [0.4, 0.5) is 32.0 Å². The molecule has 0 aromatic carbocycles. The summed E-state index contributed by atoms with van der Waals surface area (Å²) in [6.07, 6.45) is -9.67. The van der Waals surface area contributed by atoms with E-state index >= 15 is 0 Å². The molecule has 0 saturated carbocycles.